The van der Waals surface area contributed by atoms with Crippen LogP contribution in [0.15, 0.2) is 0 Å². The fourth-order valence-electron chi connectivity index (χ4n) is 1.14. The molecule has 13 heavy (non-hydrogen) atoms. The Hall–Kier alpha value is -0.990. The van der Waals surface area contributed by atoms with Crippen molar-refractivity contribution in [2.45, 2.75) is 45.1 Å². The lowest BCUT2D eigenvalue weighted by Crippen LogP contribution is -2.28. The van der Waals surface area contributed by atoms with Gasteiger partial charge in [0.05, 0.1) is 6.07 Å². The molecule has 1 N–H and O–H groups in total. The molecule has 0 heterocycles. The molecule has 2 heteroatoms. The molecule has 0 saturated carbocycles. The molecule has 0 aromatic carbocycles. The highest BCUT2D eigenvalue weighted by atomic mass is 14.9. The quantitative estimate of drug-likeness (QED) is 0.478. The van der Waals surface area contributed by atoms with Crippen LogP contribution in [0.1, 0.15) is 39.0 Å². The average molecular weight is 178 g/mol. The van der Waals surface area contributed by atoms with Gasteiger partial charge in [0.1, 0.15) is 0 Å². The molecule has 0 rings (SSSR count). The van der Waals surface area contributed by atoms with E-state index in [9.17, 15) is 0 Å². The van der Waals surface area contributed by atoms with Crippen molar-refractivity contribution in [2.75, 3.05) is 6.54 Å². The monoisotopic (exact) mass is 178 g/mol. The zero-order valence-electron chi connectivity index (χ0n) is 8.34. The number of rotatable bonds is 7. The Balaban J connectivity index is 3.30. The third kappa shape index (κ3) is 7.37. The summed E-state index contributed by atoms with van der Waals surface area (Å²) in [5, 5.41) is 11.7. The molecule has 0 radical (unpaired) electrons. The number of terminal acetylenes is 1. The van der Waals surface area contributed by atoms with Gasteiger partial charge in [0.25, 0.3) is 0 Å². The lowest BCUT2D eigenvalue weighted by atomic mass is 10.1. The summed E-state index contributed by atoms with van der Waals surface area (Å²) in [5.74, 6) is 2.66. The Kier molecular flexibility index (Phi) is 8.41. The van der Waals surface area contributed by atoms with Crippen LogP contribution in [0.5, 0.6) is 0 Å². The van der Waals surface area contributed by atoms with Crippen LogP contribution in [0.25, 0.3) is 0 Å². The average Bonchev–Trinajstić information content (AvgIpc) is 2.16. The van der Waals surface area contributed by atoms with Crippen LogP contribution < -0.4 is 5.32 Å². The van der Waals surface area contributed by atoms with Gasteiger partial charge >= 0.3 is 0 Å². The van der Waals surface area contributed by atoms with Gasteiger partial charge < -0.3 is 5.32 Å². The minimum atomic E-state index is 0.451. The number of nitrogens with zero attached hydrogens (tertiary/aromatic N) is 1. The Bertz CT molecular complexity index is 185. The Morgan fingerprint density at radius 1 is 1.46 bits per heavy atom. The van der Waals surface area contributed by atoms with Crippen LogP contribution in [0, 0.1) is 23.7 Å². The summed E-state index contributed by atoms with van der Waals surface area (Å²) in [6, 6.07) is 2.59. The predicted octanol–water partition coefficient (Wildman–Crippen LogP) is 2.07. The molecular formula is C11H18N2. The number of nitriles is 1. The first-order chi connectivity index (χ1) is 6.35. The van der Waals surface area contributed by atoms with Crippen molar-refractivity contribution in [3.63, 3.8) is 0 Å². The van der Waals surface area contributed by atoms with Gasteiger partial charge in [-0.2, -0.15) is 5.26 Å². The molecular weight excluding hydrogens is 160 g/mol. The van der Waals surface area contributed by atoms with E-state index >= 15 is 0 Å². The van der Waals surface area contributed by atoms with Gasteiger partial charge in [-0.15, -0.1) is 12.3 Å². The van der Waals surface area contributed by atoms with Gasteiger partial charge in [-0.1, -0.05) is 6.92 Å². The summed E-state index contributed by atoms with van der Waals surface area (Å²) in [5.41, 5.74) is 0. The molecule has 2 nitrogen and oxygen atoms in total. The van der Waals surface area contributed by atoms with Crippen molar-refractivity contribution in [3.8, 4) is 18.4 Å². The van der Waals surface area contributed by atoms with E-state index in [0.717, 1.165) is 32.2 Å². The number of hydrogen-bond donors (Lipinski definition) is 1. The molecule has 0 aromatic heterocycles. The molecule has 72 valence electrons. The van der Waals surface area contributed by atoms with Crippen molar-refractivity contribution in [2.24, 2.45) is 0 Å². The van der Waals surface area contributed by atoms with Crippen molar-refractivity contribution in [1.29, 1.82) is 5.26 Å². The van der Waals surface area contributed by atoms with Gasteiger partial charge in [-0.25, -0.2) is 0 Å². The normalized spacial score (nSPS) is 11.6. The van der Waals surface area contributed by atoms with Crippen LogP contribution in [-0.4, -0.2) is 12.6 Å². The third-order valence-electron chi connectivity index (χ3n) is 2.01. The predicted molar refractivity (Wildman–Crippen MR) is 55.0 cm³/mol. The first-order valence-electron chi connectivity index (χ1n) is 4.89. The zero-order chi connectivity index (χ0) is 9.94. The van der Waals surface area contributed by atoms with Crippen molar-refractivity contribution >= 4 is 0 Å². The van der Waals surface area contributed by atoms with E-state index in [1.54, 1.807) is 0 Å². The summed E-state index contributed by atoms with van der Waals surface area (Å²) in [7, 11) is 0. The van der Waals surface area contributed by atoms with Gasteiger partial charge in [-0.05, 0) is 25.8 Å². The van der Waals surface area contributed by atoms with E-state index in [2.05, 4.69) is 24.2 Å². The van der Waals surface area contributed by atoms with E-state index < -0.39 is 0 Å². The first kappa shape index (κ1) is 12.0. The molecule has 0 spiro atoms. The molecule has 1 atom stereocenters. The largest absolute Gasteiger partial charge is 0.313 e. The highest BCUT2D eigenvalue weighted by Gasteiger charge is 2.01. The topological polar surface area (TPSA) is 35.8 Å². The minimum Gasteiger partial charge on any atom is -0.313 e. The van der Waals surface area contributed by atoms with E-state index in [1.807, 2.05) is 0 Å². The summed E-state index contributed by atoms with van der Waals surface area (Å²) in [6.07, 6.45) is 9.80. The molecule has 0 saturated heterocycles. The maximum atomic E-state index is 8.31. The molecule has 0 aromatic rings. The van der Waals surface area contributed by atoms with E-state index in [-0.39, 0.29) is 0 Å². The molecule has 1 unspecified atom stereocenters. The summed E-state index contributed by atoms with van der Waals surface area (Å²) in [4.78, 5) is 0. The van der Waals surface area contributed by atoms with Crippen molar-refractivity contribution < 1.29 is 0 Å². The van der Waals surface area contributed by atoms with Gasteiger partial charge in [0.15, 0.2) is 0 Å². The number of hydrogen-bond acceptors (Lipinski definition) is 2. The van der Waals surface area contributed by atoms with Crippen molar-refractivity contribution in [1.82, 2.24) is 5.32 Å². The molecule has 0 aliphatic carbocycles. The van der Waals surface area contributed by atoms with E-state index in [4.69, 9.17) is 11.7 Å². The Morgan fingerprint density at radius 2 is 2.23 bits per heavy atom. The second-order valence-electron chi connectivity index (χ2n) is 3.08. The molecule has 0 fully saturated rings. The minimum absolute atomic E-state index is 0.451. The number of nitrogens with one attached hydrogen (secondary N) is 1. The SMILES string of the molecule is C#CCC(CC)NCCCCC#N. The van der Waals surface area contributed by atoms with Crippen LogP contribution in [0.2, 0.25) is 0 Å². The fourth-order valence-corrected chi connectivity index (χ4v) is 1.14. The summed E-state index contributed by atoms with van der Waals surface area (Å²) >= 11 is 0. The Morgan fingerprint density at radius 3 is 2.77 bits per heavy atom. The van der Waals surface area contributed by atoms with Gasteiger partial charge in [0, 0.05) is 18.9 Å². The van der Waals surface area contributed by atoms with Crippen LogP contribution >= 0.6 is 0 Å². The molecule has 0 bridgehead atoms. The second kappa shape index (κ2) is 9.10. The lowest BCUT2D eigenvalue weighted by Gasteiger charge is -2.13. The summed E-state index contributed by atoms with van der Waals surface area (Å²) in [6.45, 7) is 3.10. The van der Waals surface area contributed by atoms with Crippen molar-refractivity contribution in [3.05, 3.63) is 0 Å². The van der Waals surface area contributed by atoms with Crippen LogP contribution in [0.4, 0.5) is 0 Å². The highest BCUT2D eigenvalue weighted by molar-refractivity contribution is 4.89. The third-order valence-corrected chi connectivity index (χ3v) is 2.01. The van der Waals surface area contributed by atoms with Gasteiger partial charge in [-0.3, -0.25) is 0 Å². The maximum Gasteiger partial charge on any atom is 0.0621 e. The van der Waals surface area contributed by atoms with E-state index in [0.29, 0.717) is 12.5 Å². The second-order valence-corrected chi connectivity index (χ2v) is 3.08. The summed E-state index contributed by atoms with van der Waals surface area (Å²) < 4.78 is 0. The standard InChI is InChI=1S/C11H18N2/c1-3-8-11(4-2)13-10-7-5-6-9-12/h1,11,13H,4-8,10H2,2H3. The molecule has 0 aliphatic rings. The fraction of sp³-hybridized carbons (Fsp3) is 0.727. The number of unbranched alkanes of at least 4 members (excludes halogenated alkanes) is 2. The van der Waals surface area contributed by atoms with Crippen LogP contribution in [-0.2, 0) is 0 Å². The van der Waals surface area contributed by atoms with Gasteiger partial charge in [0.2, 0.25) is 0 Å². The smallest absolute Gasteiger partial charge is 0.0621 e. The molecule has 0 amide bonds. The maximum absolute atomic E-state index is 8.31. The highest BCUT2D eigenvalue weighted by Crippen LogP contribution is 1.97. The lowest BCUT2D eigenvalue weighted by molar-refractivity contribution is 0.494. The Labute approximate surface area is 81.3 Å². The van der Waals surface area contributed by atoms with Crippen LogP contribution in [0.3, 0.4) is 0 Å². The van der Waals surface area contributed by atoms with E-state index in [1.165, 1.54) is 0 Å². The first-order valence-corrected chi connectivity index (χ1v) is 4.89. The molecule has 0 aliphatic heterocycles. The zero-order valence-corrected chi connectivity index (χ0v) is 8.34.